The Labute approximate surface area is 177 Å². The van der Waals surface area contributed by atoms with Gasteiger partial charge in [-0.25, -0.2) is 4.79 Å². The first-order chi connectivity index (χ1) is 13.8. The third-order valence-electron chi connectivity index (χ3n) is 4.71. The van der Waals surface area contributed by atoms with Gasteiger partial charge in [-0.2, -0.15) is 0 Å². The molecule has 0 aromatic heterocycles. The first-order valence-electron chi connectivity index (χ1n) is 9.30. The van der Waals surface area contributed by atoms with E-state index >= 15 is 0 Å². The van der Waals surface area contributed by atoms with E-state index in [4.69, 9.17) is 16.3 Å². The number of carbonyl (C=O) groups is 2. The molecule has 4 nitrogen and oxygen atoms in total. The maximum atomic E-state index is 13.1. The van der Waals surface area contributed by atoms with Crippen molar-refractivity contribution >= 4 is 23.5 Å². The number of ether oxygens (including phenoxy) is 1. The van der Waals surface area contributed by atoms with E-state index in [0.717, 1.165) is 16.7 Å². The molecular weight excluding hydrogens is 386 g/mol. The summed E-state index contributed by atoms with van der Waals surface area (Å²) in [4.78, 5) is 27.5. The first kappa shape index (κ1) is 22.4. The van der Waals surface area contributed by atoms with E-state index < -0.39 is 11.9 Å². The van der Waals surface area contributed by atoms with Crippen molar-refractivity contribution in [3.8, 4) is 0 Å². The van der Waals surface area contributed by atoms with Crippen LogP contribution in [0.1, 0.15) is 31.7 Å². The summed E-state index contributed by atoms with van der Waals surface area (Å²) in [5.41, 5.74) is 3.46. The SMILES string of the molecule is C=C/C=C(\C=C)COC(=O)C1=C(C)N(CC(=C)C)C(=O)CC1c1ccc(Cl)cc1. The van der Waals surface area contributed by atoms with Crippen LogP contribution in [0.5, 0.6) is 0 Å². The number of halogens is 1. The standard InChI is InChI=1S/C24H26ClNO3/c1-6-8-18(7-2)15-29-24(28)23-17(5)26(14-16(3)4)22(27)13-21(23)19-9-11-20(25)12-10-19/h6-12,21H,1-3,13-15H2,4-5H3/b18-8+. The second-order valence-corrected chi connectivity index (χ2v) is 7.44. The van der Waals surface area contributed by atoms with Gasteiger partial charge < -0.3 is 9.64 Å². The van der Waals surface area contributed by atoms with Crippen LogP contribution in [0.3, 0.4) is 0 Å². The molecule has 1 aliphatic heterocycles. The fourth-order valence-corrected chi connectivity index (χ4v) is 3.40. The highest BCUT2D eigenvalue weighted by molar-refractivity contribution is 6.30. The molecule has 0 aliphatic carbocycles. The Morgan fingerprint density at radius 2 is 1.97 bits per heavy atom. The van der Waals surface area contributed by atoms with Gasteiger partial charge in [0.25, 0.3) is 0 Å². The third kappa shape index (κ3) is 5.58. The van der Waals surface area contributed by atoms with E-state index in [1.807, 2.05) is 19.1 Å². The van der Waals surface area contributed by atoms with Crippen LogP contribution in [0.15, 0.2) is 84.6 Å². The molecule has 0 spiro atoms. The molecule has 0 radical (unpaired) electrons. The van der Waals surface area contributed by atoms with Crippen LogP contribution >= 0.6 is 11.6 Å². The molecule has 0 N–H and O–H groups in total. The molecule has 0 saturated heterocycles. The molecule has 1 aliphatic rings. The Kier molecular flexibility index (Phi) is 7.80. The summed E-state index contributed by atoms with van der Waals surface area (Å²) in [6.07, 6.45) is 5.13. The maximum absolute atomic E-state index is 13.1. The van der Waals surface area contributed by atoms with Crippen molar-refractivity contribution in [1.82, 2.24) is 4.90 Å². The van der Waals surface area contributed by atoms with Gasteiger partial charge in [0.15, 0.2) is 0 Å². The Hall–Kier alpha value is -2.85. The van der Waals surface area contributed by atoms with E-state index in [-0.39, 0.29) is 18.9 Å². The molecule has 0 saturated carbocycles. The van der Waals surface area contributed by atoms with Crippen molar-refractivity contribution in [2.45, 2.75) is 26.2 Å². The number of esters is 1. The van der Waals surface area contributed by atoms with Gasteiger partial charge in [-0.1, -0.05) is 67.3 Å². The van der Waals surface area contributed by atoms with Crippen LogP contribution in [-0.4, -0.2) is 29.9 Å². The van der Waals surface area contributed by atoms with Crippen molar-refractivity contribution in [1.29, 1.82) is 0 Å². The molecule has 152 valence electrons. The zero-order valence-corrected chi connectivity index (χ0v) is 17.7. The predicted molar refractivity (Wildman–Crippen MR) is 117 cm³/mol. The Morgan fingerprint density at radius 3 is 2.52 bits per heavy atom. The second-order valence-electron chi connectivity index (χ2n) is 7.00. The van der Waals surface area contributed by atoms with Crippen molar-refractivity contribution in [2.75, 3.05) is 13.2 Å². The van der Waals surface area contributed by atoms with Gasteiger partial charge in [0.05, 0.1) is 5.57 Å². The molecule has 1 atom stereocenters. The number of amides is 1. The number of nitrogens with zero attached hydrogens (tertiary/aromatic N) is 1. The minimum Gasteiger partial charge on any atom is -0.457 e. The molecule has 0 fully saturated rings. The normalized spacial score (nSPS) is 17.2. The van der Waals surface area contributed by atoms with Crippen molar-refractivity contribution in [3.63, 3.8) is 0 Å². The molecule has 1 aromatic carbocycles. The van der Waals surface area contributed by atoms with Crippen molar-refractivity contribution in [3.05, 3.63) is 95.2 Å². The fraction of sp³-hybridized carbons (Fsp3) is 0.250. The van der Waals surface area contributed by atoms with Gasteiger partial charge >= 0.3 is 5.97 Å². The summed E-state index contributed by atoms with van der Waals surface area (Å²) in [7, 11) is 0. The Bertz CT molecular complexity index is 893. The number of hydrogen-bond donors (Lipinski definition) is 0. The summed E-state index contributed by atoms with van der Waals surface area (Å²) in [6, 6.07) is 7.18. The van der Waals surface area contributed by atoms with Crippen LogP contribution in [0.4, 0.5) is 0 Å². The average molecular weight is 412 g/mol. The van der Waals surface area contributed by atoms with E-state index in [1.165, 1.54) is 0 Å². The third-order valence-corrected chi connectivity index (χ3v) is 4.96. The minimum atomic E-state index is -0.460. The van der Waals surface area contributed by atoms with Gasteiger partial charge in [0.2, 0.25) is 5.91 Å². The summed E-state index contributed by atoms with van der Waals surface area (Å²) in [5.74, 6) is -0.914. The smallest absolute Gasteiger partial charge is 0.336 e. The van der Waals surface area contributed by atoms with Crippen molar-refractivity contribution in [2.24, 2.45) is 0 Å². The zero-order chi connectivity index (χ0) is 21.6. The Morgan fingerprint density at radius 1 is 1.31 bits per heavy atom. The topological polar surface area (TPSA) is 46.6 Å². The van der Waals surface area contributed by atoms with Gasteiger partial charge in [-0.3, -0.25) is 4.79 Å². The number of benzene rings is 1. The second kappa shape index (κ2) is 10.1. The van der Waals surface area contributed by atoms with E-state index in [0.29, 0.717) is 22.8 Å². The molecule has 1 amide bonds. The van der Waals surface area contributed by atoms with Gasteiger partial charge in [0.1, 0.15) is 6.61 Å². The average Bonchev–Trinajstić information content (AvgIpc) is 2.68. The largest absolute Gasteiger partial charge is 0.457 e. The molecule has 1 unspecified atom stereocenters. The molecule has 5 heteroatoms. The van der Waals surface area contributed by atoms with Crippen LogP contribution in [0.2, 0.25) is 5.02 Å². The van der Waals surface area contributed by atoms with Crippen LogP contribution < -0.4 is 0 Å². The predicted octanol–water partition coefficient (Wildman–Crippen LogP) is 5.35. The van der Waals surface area contributed by atoms with Crippen molar-refractivity contribution < 1.29 is 14.3 Å². The summed E-state index contributed by atoms with van der Waals surface area (Å²) in [6.45, 7) is 15.3. The van der Waals surface area contributed by atoms with Gasteiger partial charge in [-0.15, -0.1) is 0 Å². The molecule has 2 rings (SSSR count). The van der Waals surface area contributed by atoms with Crippen LogP contribution in [0.25, 0.3) is 0 Å². The highest BCUT2D eigenvalue weighted by Gasteiger charge is 2.36. The lowest BCUT2D eigenvalue weighted by Crippen LogP contribution is -2.39. The highest BCUT2D eigenvalue weighted by Crippen LogP contribution is 2.37. The van der Waals surface area contributed by atoms with Crippen LogP contribution in [0, 0.1) is 0 Å². The zero-order valence-electron chi connectivity index (χ0n) is 16.9. The lowest BCUT2D eigenvalue weighted by atomic mass is 9.83. The number of carbonyl (C=O) groups excluding carboxylic acids is 2. The lowest BCUT2D eigenvalue weighted by molar-refractivity contribution is -0.139. The van der Waals surface area contributed by atoms with E-state index in [1.54, 1.807) is 42.2 Å². The summed E-state index contributed by atoms with van der Waals surface area (Å²) in [5, 5.41) is 0.592. The quantitative estimate of drug-likeness (QED) is 0.329. The van der Waals surface area contributed by atoms with Gasteiger partial charge in [0, 0.05) is 29.6 Å². The Balaban J connectivity index is 2.44. The van der Waals surface area contributed by atoms with Gasteiger partial charge in [-0.05, 0) is 37.1 Å². The molecule has 0 bridgehead atoms. The molecular formula is C24H26ClNO3. The maximum Gasteiger partial charge on any atom is 0.336 e. The highest BCUT2D eigenvalue weighted by atomic mass is 35.5. The van der Waals surface area contributed by atoms with E-state index in [2.05, 4.69) is 19.7 Å². The van der Waals surface area contributed by atoms with E-state index in [9.17, 15) is 9.59 Å². The van der Waals surface area contributed by atoms with Crippen LogP contribution in [-0.2, 0) is 14.3 Å². The minimum absolute atomic E-state index is 0.0552. The summed E-state index contributed by atoms with van der Waals surface area (Å²) >= 11 is 6.01. The molecule has 1 aromatic rings. The molecule has 29 heavy (non-hydrogen) atoms. The lowest BCUT2D eigenvalue weighted by Gasteiger charge is -2.34. The number of allylic oxidation sites excluding steroid dienone is 3. The monoisotopic (exact) mass is 411 g/mol. The number of hydrogen-bond acceptors (Lipinski definition) is 3. The number of rotatable bonds is 8. The summed E-state index contributed by atoms with van der Waals surface area (Å²) < 4.78 is 5.55. The molecule has 1 heterocycles. The fourth-order valence-electron chi connectivity index (χ4n) is 3.27. The first-order valence-corrected chi connectivity index (χ1v) is 9.68.